The van der Waals surface area contributed by atoms with Crippen LogP contribution in [0.4, 0.5) is 0 Å². The Morgan fingerprint density at radius 1 is 1.14 bits per heavy atom. The first kappa shape index (κ1) is 16.0. The van der Waals surface area contributed by atoms with Gasteiger partial charge in [-0.25, -0.2) is 4.79 Å². The molecule has 0 bridgehead atoms. The molecule has 1 heterocycles. The van der Waals surface area contributed by atoms with Crippen molar-refractivity contribution in [1.82, 2.24) is 9.80 Å². The number of rotatable bonds is 5. The van der Waals surface area contributed by atoms with Crippen molar-refractivity contribution in [1.29, 1.82) is 0 Å². The minimum atomic E-state index is -0.895. The van der Waals surface area contributed by atoms with Crippen LogP contribution in [0.3, 0.4) is 0 Å². The van der Waals surface area contributed by atoms with E-state index >= 15 is 0 Å². The molecule has 0 spiro atoms. The fourth-order valence-corrected chi connectivity index (χ4v) is 3.22. The predicted molar refractivity (Wildman–Crippen MR) is 84.5 cm³/mol. The summed E-state index contributed by atoms with van der Waals surface area (Å²) >= 11 is 0. The normalized spacial score (nSPS) is 20.1. The topological polar surface area (TPSA) is 43.8 Å². The third-order valence-electron chi connectivity index (χ3n) is 4.75. The molecule has 1 fully saturated rings. The molecule has 0 radical (unpaired) electrons. The molecule has 116 valence electrons. The van der Waals surface area contributed by atoms with Crippen molar-refractivity contribution in [3.05, 3.63) is 35.4 Å². The van der Waals surface area contributed by atoms with E-state index in [0.717, 1.165) is 38.2 Å². The zero-order valence-electron chi connectivity index (χ0n) is 13.3. The number of aryl methyl sites for hydroxylation is 1. The van der Waals surface area contributed by atoms with E-state index in [1.807, 2.05) is 19.1 Å². The Labute approximate surface area is 127 Å². The molecule has 1 unspecified atom stereocenters. The van der Waals surface area contributed by atoms with Crippen molar-refractivity contribution in [3.8, 4) is 0 Å². The Morgan fingerprint density at radius 2 is 1.71 bits per heavy atom. The molecule has 2 rings (SSSR count). The van der Waals surface area contributed by atoms with Crippen LogP contribution in [-0.2, 0) is 16.8 Å². The van der Waals surface area contributed by atoms with Gasteiger partial charge in [-0.1, -0.05) is 38.1 Å². The number of piperazine rings is 1. The number of hydrogen-bond acceptors (Lipinski definition) is 3. The molecule has 21 heavy (non-hydrogen) atoms. The second-order valence-electron chi connectivity index (χ2n) is 5.86. The van der Waals surface area contributed by atoms with Crippen LogP contribution >= 0.6 is 0 Å². The van der Waals surface area contributed by atoms with Crippen LogP contribution in [-0.4, -0.2) is 54.1 Å². The van der Waals surface area contributed by atoms with Gasteiger partial charge in [0.25, 0.3) is 0 Å². The Balaban J connectivity index is 2.38. The largest absolute Gasteiger partial charge is 0.480 e. The van der Waals surface area contributed by atoms with Crippen LogP contribution in [0.1, 0.15) is 31.4 Å². The Hall–Kier alpha value is -1.39. The summed E-state index contributed by atoms with van der Waals surface area (Å²) in [6, 6.07) is 8.10. The molecule has 1 saturated heterocycles. The van der Waals surface area contributed by atoms with E-state index in [4.69, 9.17) is 0 Å². The van der Waals surface area contributed by atoms with Crippen molar-refractivity contribution in [2.75, 3.05) is 33.2 Å². The van der Waals surface area contributed by atoms with E-state index in [9.17, 15) is 9.90 Å². The van der Waals surface area contributed by atoms with Crippen LogP contribution in [0.2, 0.25) is 0 Å². The zero-order chi connectivity index (χ0) is 15.5. The highest BCUT2D eigenvalue weighted by Crippen LogP contribution is 2.33. The minimum Gasteiger partial charge on any atom is -0.480 e. The first-order valence-corrected chi connectivity index (χ1v) is 7.81. The van der Waals surface area contributed by atoms with Crippen LogP contribution in [0.25, 0.3) is 0 Å². The Kier molecular flexibility index (Phi) is 5.01. The molecule has 1 aromatic carbocycles. The lowest BCUT2D eigenvalue weighted by Gasteiger charge is -2.44. The lowest BCUT2D eigenvalue weighted by Crippen LogP contribution is -2.58. The maximum Gasteiger partial charge on any atom is 0.328 e. The highest BCUT2D eigenvalue weighted by atomic mass is 16.4. The van der Waals surface area contributed by atoms with Crippen LogP contribution in [0.5, 0.6) is 0 Å². The van der Waals surface area contributed by atoms with Crippen molar-refractivity contribution < 1.29 is 9.90 Å². The molecule has 1 aliphatic heterocycles. The summed E-state index contributed by atoms with van der Waals surface area (Å²) < 4.78 is 0. The van der Waals surface area contributed by atoms with Gasteiger partial charge < -0.3 is 10.0 Å². The van der Waals surface area contributed by atoms with Crippen molar-refractivity contribution in [2.24, 2.45) is 0 Å². The molecule has 0 aromatic heterocycles. The molecular weight excluding hydrogens is 264 g/mol. The second kappa shape index (κ2) is 6.58. The van der Waals surface area contributed by atoms with E-state index < -0.39 is 11.5 Å². The number of aliphatic carboxylic acids is 1. The van der Waals surface area contributed by atoms with E-state index in [-0.39, 0.29) is 0 Å². The molecule has 0 aliphatic carbocycles. The van der Waals surface area contributed by atoms with Crippen LogP contribution in [0.15, 0.2) is 24.3 Å². The standard InChI is InChI=1S/C17H26N2O2/c1-4-14-6-8-15(9-7-14)17(5-2,16(20)21)19-12-10-18(3)11-13-19/h6-9H,4-5,10-13H2,1-3H3,(H,20,21). The third kappa shape index (κ3) is 2.97. The van der Waals surface area contributed by atoms with E-state index in [1.54, 1.807) is 0 Å². The van der Waals surface area contributed by atoms with Gasteiger partial charge in [-0.05, 0) is 31.0 Å². The first-order chi connectivity index (χ1) is 10.0. The Morgan fingerprint density at radius 3 is 2.14 bits per heavy atom. The summed E-state index contributed by atoms with van der Waals surface area (Å²) in [6.45, 7) is 7.52. The van der Waals surface area contributed by atoms with Gasteiger partial charge in [-0.2, -0.15) is 0 Å². The molecule has 1 atom stereocenters. The quantitative estimate of drug-likeness (QED) is 0.903. The van der Waals surface area contributed by atoms with Gasteiger partial charge in [0.1, 0.15) is 5.54 Å². The summed E-state index contributed by atoms with van der Waals surface area (Å²) in [7, 11) is 2.09. The minimum absolute atomic E-state index is 0.581. The number of benzene rings is 1. The summed E-state index contributed by atoms with van der Waals surface area (Å²) in [6.07, 6.45) is 1.55. The van der Waals surface area contributed by atoms with Crippen molar-refractivity contribution >= 4 is 5.97 Å². The number of carboxylic acid groups (broad SMARTS) is 1. The molecule has 0 saturated carbocycles. The number of carbonyl (C=O) groups is 1. The third-order valence-corrected chi connectivity index (χ3v) is 4.75. The predicted octanol–water partition coefficient (Wildman–Crippen LogP) is 2.19. The number of carboxylic acids is 1. The lowest BCUT2D eigenvalue weighted by molar-refractivity contribution is -0.154. The van der Waals surface area contributed by atoms with Gasteiger partial charge in [0.15, 0.2) is 0 Å². The smallest absolute Gasteiger partial charge is 0.328 e. The monoisotopic (exact) mass is 290 g/mol. The average Bonchev–Trinajstić information content (AvgIpc) is 2.50. The highest BCUT2D eigenvalue weighted by molar-refractivity contribution is 5.80. The van der Waals surface area contributed by atoms with Crippen molar-refractivity contribution in [3.63, 3.8) is 0 Å². The van der Waals surface area contributed by atoms with E-state index in [1.165, 1.54) is 5.56 Å². The number of nitrogens with zero attached hydrogens (tertiary/aromatic N) is 2. The number of hydrogen-bond donors (Lipinski definition) is 1. The summed E-state index contributed by atoms with van der Waals surface area (Å²) in [5.41, 5.74) is 1.25. The average molecular weight is 290 g/mol. The highest BCUT2D eigenvalue weighted by Gasteiger charge is 2.45. The van der Waals surface area contributed by atoms with Crippen LogP contribution in [0, 0.1) is 0 Å². The second-order valence-corrected chi connectivity index (χ2v) is 5.86. The zero-order valence-corrected chi connectivity index (χ0v) is 13.3. The van der Waals surface area contributed by atoms with Gasteiger partial charge in [-0.3, -0.25) is 4.90 Å². The molecule has 1 aromatic rings. The SMILES string of the molecule is CCc1ccc(C(CC)(C(=O)O)N2CCN(C)CC2)cc1. The molecule has 1 N–H and O–H groups in total. The molecule has 0 amide bonds. The molecule has 4 heteroatoms. The maximum absolute atomic E-state index is 12.1. The molecule has 4 nitrogen and oxygen atoms in total. The fourth-order valence-electron chi connectivity index (χ4n) is 3.22. The van der Waals surface area contributed by atoms with Crippen LogP contribution < -0.4 is 0 Å². The van der Waals surface area contributed by atoms with Gasteiger partial charge in [0.2, 0.25) is 0 Å². The van der Waals surface area contributed by atoms with Gasteiger partial charge in [0.05, 0.1) is 0 Å². The summed E-state index contributed by atoms with van der Waals surface area (Å²) in [5, 5.41) is 9.97. The first-order valence-electron chi connectivity index (χ1n) is 7.81. The fraction of sp³-hybridized carbons (Fsp3) is 0.588. The summed E-state index contributed by atoms with van der Waals surface area (Å²) in [4.78, 5) is 16.5. The van der Waals surface area contributed by atoms with Gasteiger partial charge in [0, 0.05) is 26.2 Å². The number of likely N-dealkylation sites (N-methyl/N-ethyl adjacent to an activating group) is 1. The summed E-state index contributed by atoms with van der Waals surface area (Å²) in [5.74, 6) is -0.737. The van der Waals surface area contributed by atoms with E-state index in [0.29, 0.717) is 6.42 Å². The molecular formula is C17H26N2O2. The van der Waals surface area contributed by atoms with Gasteiger partial charge >= 0.3 is 5.97 Å². The lowest BCUT2D eigenvalue weighted by atomic mass is 9.84. The molecule has 1 aliphatic rings. The van der Waals surface area contributed by atoms with Crippen molar-refractivity contribution in [2.45, 2.75) is 32.2 Å². The van der Waals surface area contributed by atoms with Gasteiger partial charge in [-0.15, -0.1) is 0 Å². The Bertz CT molecular complexity index is 478. The maximum atomic E-state index is 12.1. The van der Waals surface area contributed by atoms with E-state index in [2.05, 4.69) is 35.9 Å².